The highest BCUT2D eigenvalue weighted by molar-refractivity contribution is 6.31. The Hall–Kier alpha value is -2.53. The summed E-state index contributed by atoms with van der Waals surface area (Å²) in [6.07, 6.45) is 0.577. The van der Waals surface area contributed by atoms with E-state index in [0.29, 0.717) is 17.0 Å². The number of carbonyl (C=O) groups excluding carboxylic acids is 2. The van der Waals surface area contributed by atoms with Crippen LogP contribution >= 0.6 is 11.6 Å². The summed E-state index contributed by atoms with van der Waals surface area (Å²) in [5, 5.41) is 3.43. The minimum Gasteiger partial charge on any atom is -0.368 e. The molecule has 0 radical (unpaired) electrons. The van der Waals surface area contributed by atoms with Gasteiger partial charge in [0.25, 0.3) is 5.91 Å². The predicted octanol–water partition coefficient (Wildman–Crippen LogP) is 4.68. The third kappa shape index (κ3) is 5.97. The third-order valence-corrected chi connectivity index (χ3v) is 5.13. The summed E-state index contributed by atoms with van der Waals surface area (Å²) in [5.41, 5.74) is 2.36. The molecule has 5 nitrogen and oxygen atoms in total. The molecule has 0 spiro atoms. The third-order valence-electron chi connectivity index (χ3n) is 4.89. The highest BCUT2D eigenvalue weighted by Crippen LogP contribution is 2.23. The lowest BCUT2D eigenvalue weighted by Gasteiger charge is -2.37. The molecular formula is C23H28ClN3O2. The van der Waals surface area contributed by atoms with E-state index < -0.39 is 0 Å². The molecule has 1 aliphatic rings. The van der Waals surface area contributed by atoms with Gasteiger partial charge in [-0.15, -0.1) is 0 Å². The Balaban J connectivity index is 1.54. The monoisotopic (exact) mass is 413 g/mol. The van der Waals surface area contributed by atoms with Crippen LogP contribution in [-0.2, 0) is 4.79 Å². The Morgan fingerprint density at radius 3 is 2.24 bits per heavy atom. The van der Waals surface area contributed by atoms with Crippen molar-refractivity contribution < 1.29 is 9.59 Å². The van der Waals surface area contributed by atoms with Crippen LogP contribution in [-0.4, -0.2) is 42.9 Å². The summed E-state index contributed by atoms with van der Waals surface area (Å²) >= 11 is 5.95. The number of piperazine rings is 1. The van der Waals surface area contributed by atoms with E-state index in [-0.39, 0.29) is 17.2 Å². The minimum atomic E-state index is -0.189. The Morgan fingerprint density at radius 1 is 1.00 bits per heavy atom. The fourth-order valence-electron chi connectivity index (χ4n) is 3.37. The van der Waals surface area contributed by atoms with Crippen LogP contribution in [0.25, 0.3) is 0 Å². The van der Waals surface area contributed by atoms with Gasteiger partial charge in [-0.2, -0.15) is 0 Å². The van der Waals surface area contributed by atoms with Crippen molar-refractivity contribution in [1.29, 1.82) is 0 Å². The Bertz CT molecular complexity index is 866. The van der Waals surface area contributed by atoms with E-state index in [0.717, 1.165) is 37.6 Å². The average Bonchev–Trinajstić information content (AvgIpc) is 2.67. The van der Waals surface area contributed by atoms with Gasteiger partial charge in [0.05, 0.1) is 0 Å². The maximum atomic E-state index is 12.4. The highest BCUT2D eigenvalue weighted by Gasteiger charge is 2.24. The van der Waals surface area contributed by atoms with Crippen LogP contribution < -0.4 is 10.2 Å². The lowest BCUT2D eigenvalue weighted by molar-refractivity contribution is -0.133. The summed E-state index contributed by atoms with van der Waals surface area (Å²) in [4.78, 5) is 29.0. The van der Waals surface area contributed by atoms with Crippen LogP contribution in [0.15, 0.2) is 48.5 Å². The average molecular weight is 414 g/mol. The largest absolute Gasteiger partial charge is 0.368 e. The van der Waals surface area contributed by atoms with Crippen molar-refractivity contribution in [2.24, 2.45) is 5.41 Å². The summed E-state index contributed by atoms with van der Waals surface area (Å²) < 4.78 is 0. The molecule has 154 valence electrons. The first-order valence-electron chi connectivity index (χ1n) is 9.91. The molecule has 0 atom stereocenters. The van der Waals surface area contributed by atoms with E-state index in [1.807, 2.05) is 29.2 Å². The smallest absolute Gasteiger partial charge is 0.255 e. The zero-order valence-corrected chi connectivity index (χ0v) is 18.0. The molecule has 3 rings (SSSR count). The van der Waals surface area contributed by atoms with Gasteiger partial charge < -0.3 is 15.1 Å². The van der Waals surface area contributed by atoms with Crippen molar-refractivity contribution in [3.8, 4) is 0 Å². The fraction of sp³-hybridized carbons (Fsp3) is 0.391. The van der Waals surface area contributed by atoms with Crippen LogP contribution in [0.5, 0.6) is 0 Å². The highest BCUT2D eigenvalue weighted by atomic mass is 35.5. The van der Waals surface area contributed by atoms with Crippen molar-refractivity contribution in [1.82, 2.24) is 4.90 Å². The number of benzene rings is 2. The first-order valence-corrected chi connectivity index (χ1v) is 10.3. The topological polar surface area (TPSA) is 52.7 Å². The predicted molar refractivity (Wildman–Crippen MR) is 119 cm³/mol. The maximum absolute atomic E-state index is 12.4. The molecule has 0 unspecified atom stereocenters. The first kappa shape index (κ1) is 21.2. The summed E-state index contributed by atoms with van der Waals surface area (Å²) in [6, 6.07) is 14.7. The van der Waals surface area contributed by atoms with Gasteiger partial charge in [0.1, 0.15) is 0 Å². The van der Waals surface area contributed by atoms with Gasteiger partial charge in [-0.25, -0.2) is 0 Å². The molecule has 2 aromatic carbocycles. The van der Waals surface area contributed by atoms with Gasteiger partial charge in [0.15, 0.2) is 0 Å². The van der Waals surface area contributed by atoms with Gasteiger partial charge in [-0.05, 0) is 47.9 Å². The number of rotatable bonds is 4. The van der Waals surface area contributed by atoms with E-state index in [2.05, 4.69) is 31.0 Å². The Kier molecular flexibility index (Phi) is 6.48. The Morgan fingerprint density at radius 2 is 1.66 bits per heavy atom. The molecule has 1 aliphatic heterocycles. The second-order valence-electron chi connectivity index (χ2n) is 8.62. The first-order chi connectivity index (χ1) is 13.7. The molecule has 1 fully saturated rings. The number of hydrogen-bond donors (Lipinski definition) is 1. The molecule has 0 aliphatic carbocycles. The minimum absolute atomic E-state index is 0.0135. The zero-order valence-electron chi connectivity index (χ0n) is 17.2. The lowest BCUT2D eigenvalue weighted by atomic mass is 9.91. The van der Waals surface area contributed by atoms with E-state index in [9.17, 15) is 9.59 Å². The van der Waals surface area contributed by atoms with Gasteiger partial charge in [0, 0.05) is 54.6 Å². The van der Waals surface area contributed by atoms with Crippen molar-refractivity contribution in [2.45, 2.75) is 27.2 Å². The molecular weight excluding hydrogens is 386 g/mol. The van der Waals surface area contributed by atoms with Crippen molar-refractivity contribution in [3.63, 3.8) is 0 Å². The summed E-state index contributed by atoms with van der Waals surface area (Å²) in [5.74, 6) is 0.0439. The van der Waals surface area contributed by atoms with E-state index >= 15 is 0 Å². The summed E-state index contributed by atoms with van der Waals surface area (Å²) in [7, 11) is 0. The number of nitrogens with zero attached hydrogens (tertiary/aromatic N) is 2. The van der Waals surface area contributed by atoms with Gasteiger partial charge in [-0.3, -0.25) is 9.59 Å². The second-order valence-corrected chi connectivity index (χ2v) is 9.05. The van der Waals surface area contributed by atoms with Crippen LogP contribution in [0.2, 0.25) is 5.02 Å². The molecule has 2 aromatic rings. The molecule has 1 N–H and O–H groups in total. The van der Waals surface area contributed by atoms with Crippen LogP contribution in [0.3, 0.4) is 0 Å². The molecule has 0 aromatic heterocycles. The zero-order chi connectivity index (χ0) is 21.0. The molecule has 2 amide bonds. The van der Waals surface area contributed by atoms with Crippen LogP contribution in [0, 0.1) is 5.41 Å². The van der Waals surface area contributed by atoms with Crippen molar-refractivity contribution in [3.05, 3.63) is 59.1 Å². The second kappa shape index (κ2) is 8.87. The normalized spacial score (nSPS) is 14.6. The van der Waals surface area contributed by atoms with Crippen molar-refractivity contribution >= 4 is 34.8 Å². The van der Waals surface area contributed by atoms with Crippen molar-refractivity contribution in [2.75, 3.05) is 36.4 Å². The SMILES string of the molecule is CC(C)(C)CC(=O)N1CCN(c2ccc(NC(=O)c3cccc(Cl)c3)cc2)CC1. The number of nitrogens with one attached hydrogen (secondary N) is 1. The van der Waals surface area contributed by atoms with Gasteiger partial charge in [-0.1, -0.05) is 38.4 Å². The molecule has 1 saturated heterocycles. The summed E-state index contributed by atoms with van der Waals surface area (Å²) in [6.45, 7) is 9.37. The van der Waals surface area contributed by atoms with Crippen LogP contribution in [0.4, 0.5) is 11.4 Å². The van der Waals surface area contributed by atoms with E-state index in [4.69, 9.17) is 11.6 Å². The fourth-order valence-corrected chi connectivity index (χ4v) is 3.56. The number of halogens is 1. The molecule has 29 heavy (non-hydrogen) atoms. The molecule has 0 saturated carbocycles. The number of anilines is 2. The number of hydrogen-bond acceptors (Lipinski definition) is 3. The lowest BCUT2D eigenvalue weighted by Crippen LogP contribution is -2.49. The van der Waals surface area contributed by atoms with Crippen LogP contribution in [0.1, 0.15) is 37.6 Å². The molecule has 6 heteroatoms. The standard InChI is InChI=1S/C23H28ClN3O2/c1-23(2,3)16-21(28)27-13-11-26(12-14-27)20-9-7-19(8-10-20)25-22(29)17-5-4-6-18(24)15-17/h4-10,15H,11-14,16H2,1-3H3,(H,25,29). The van der Waals surface area contributed by atoms with Gasteiger partial charge >= 0.3 is 0 Å². The quantitative estimate of drug-likeness (QED) is 0.791. The molecule has 1 heterocycles. The number of amides is 2. The van der Waals surface area contributed by atoms with E-state index in [1.165, 1.54) is 0 Å². The molecule has 0 bridgehead atoms. The van der Waals surface area contributed by atoms with E-state index in [1.54, 1.807) is 24.3 Å². The maximum Gasteiger partial charge on any atom is 0.255 e. The van der Waals surface area contributed by atoms with Gasteiger partial charge in [0.2, 0.25) is 5.91 Å². The number of carbonyl (C=O) groups is 2. The Labute approximate surface area is 177 Å².